The van der Waals surface area contributed by atoms with Crippen LogP contribution in [0.5, 0.6) is 0 Å². The maximum Gasteiger partial charge on any atom is 0.317 e. The molecule has 1 aliphatic heterocycles. The quantitative estimate of drug-likeness (QED) is 0.613. The molecular formula is C13H23N3O4. The number of nitrogens with zero attached hydrogens (tertiary/aromatic N) is 3. The number of carbonyl (C=O) groups is 3. The lowest BCUT2D eigenvalue weighted by Gasteiger charge is -2.23. The summed E-state index contributed by atoms with van der Waals surface area (Å²) in [7, 11) is 0. The van der Waals surface area contributed by atoms with Crippen LogP contribution in [0.3, 0.4) is 0 Å². The minimum atomic E-state index is -0.857. The highest BCUT2D eigenvalue weighted by molar-refractivity contribution is 5.77. The number of carboxylic acid groups (broad SMARTS) is 1. The molecule has 0 amide bonds. The second-order valence-electron chi connectivity index (χ2n) is 5.12. The van der Waals surface area contributed by atoms with Crippen molar-refractivity contribution in [2.24, 2.45) is 0 Å². The molecule has 0 aromatic heterocycles. The van der Waals surface area contributed by atoms with E-state index in [9.17, 15) is 14.4 Å². The molecule has 0 aliphatic carbocycles. The summed E-state index contributed by atoms with van der Waals surface area (Å²) >= 11 is 0. The van der Waals surface area contributed by atoms with Gasteiger partial charge in [-0.2, -0.15) is 0 Å². The van der Waals surface area contributed by atoms with Crippen molar-refractivity contribution in [1.29, 1.82) is 0 Å². The Labute approximate surface area is 119 Å². The maximum atomic E-state index is 11.2. The van der Waals surface area contributed by atoms with E-state index in [1.54, 1.807) is 6.92 Å². The monoisotopic (exact) mass is 285 g/mol. The molecule has 0 radical (unpaired) electrons. The second kappa shape index (κ2) is 8.78. The number of hydrogen-bond acceptors (Lipinski definition) is 6. The van der Waals surface area contributed by atoms with E-state index >= 15 is 0 Å². The number of aliphatic carboxylic acids is 1. The van der Waals surface area contributed by atoms with E-state index in [1.165, 1.54) is 0 Å². The number of rotatable bonds is 6. The number of aldehydes is 1. The Bertz CT molecular complexity index is 321. The largest absolute Gasteiger partial charge is 0.480 e. The van der Waals surface area contributed by atoms with Crippen molar-refractivity contribution in [2.75, 3.05) is 58.9 Å². The third-order valence-electron chi connectivity index (χ3n) is 3.34. The fourth-order valence-corrected chi connectivity index (χ4v) is 2.29. The van der Waals surface area contributed by atoms with E-state index in [4.69, 9.17) is 5.11 Å². The molecule has 114 valence electrons. The first-order chi connectivity index (χ1) is 9.51. The molecule has 1 aliphatic rings. The van der Waals surface area contributed by atoms with E-state index in [0.717, 1.165) is 6.29 Å². The van der Waals surface area contributed by atoms with Crippen molar-refractivity contribution >= 4 is 18.0 Å². The van der Waals surface area contributed by atoms with Gasteiger partial charge in [0.2, 0.25) is 0 Å². The predicted octanol–water partition coefficient (Wildman–Crippen LogP) is -1.22. The molecular weight excluding hydrogens is 262 g/mol. The zero-order valence-electron chi connectivity index (χ0n) is 12.0. The number of carboxylic acids is 1. The minimum Gasteiger partial charge on any atom is -0.480 e. The van der Waals surface area contributed by atoms with E-state index in [1.807, 2.05) is 14.7 Å². The number of Topliss-reactive ketones (excluding diaryl/α,β-unsaturated/α-hetero) is 1. The van der Waals surface area contributed by atoms with E-state index < -0.39 is 5.97 Å². The molecule has 1 heterocycles. The minimum absolute atomic E-state index is 0.0111. The summed E-state index contributed by atoms with van der Waals surface area (Å²) in [6.45, 7) is 6.25. The summed E-state index contributed by atoms with van der Waals surface area (Å²) in [6.07, 6.45) is 0.856. The van der Waals surface area contributed by atoms with Crippen LogP contribution in [0.1, 0.15) is 6.92 Å². The molecule has 0 saturated carbocycles. The maximum absolute atomic E-state index is 11.2. The first kappa shape index (κ1) is 16.7. The number of carbonyl (C=O) groups excluding carboxylic acids is 2. The zero-order chi connectivity index (χ0) is 15.0. The standard InChI is InChI=1S/C13H23N3O4/c1-12(18)10-15-4-2-14(8-9-17)3-5-16(7-6-15)11-13(19)20/h9H,2-8,10-11H2,1H3,(H,19,20). The van der Waals surface area contributed by atoms with Crippen LogP contribution in [-0.2, 0) is 14.4 Å². The molecule has 0 spiro atoms. The summed E-state index contributed by atoms with van der Waals surface area (Å²) in [5.41, 5.74) is 0. The van der Waals surface area contributed by atoms with Crippen LogP contribution in [0.25, 0.3) is 0 Å². The van der Waals surface area contributed by atoms with Gasteiger partial charge in [-0.1, -0.05) is 0 Å². The van der Waals surface area contributed by atoms with Crippen LogP contribution >= 0.6 is 0 Å². The summed E-state index contributed by atoms with van der Waals surface area (Å²) in [5, 5.41) is 8.90. The normalized spacial score (nSPS) is 19.9. The van der Waals surface area contributed by atoms with Crippen molar-refractivity contribution < 1.29 is 19.5 Å². The van der Waals surface area contributed by atoms with Crippen molar-refractivity contribution in [3.05, 3.63) is 0 Å². The van der Waals surface area contributed by atoms with Gasteiger partial charge in [0.25, 0.3) is 0 Å². The van der Waals surface area contributed by atoms with Gasteiger partial charge in [0, 0.05) is 39.3 Å². The first-order valence-corrected chi connectivity index (χ1v) is 6.83. The average molecular weight is 285 g/mol. The highest BCUT2D eigenvalue weighted by atomic mass is 16.4. The van der Waals surface area contributed by atoms with Crippen LogP contribution in [0.4, 0.5) is 0 Å². The Hall–Kier alpha value is -1.31. The lowest BCUT2D eigenvalue weighted by molar-refractivity contribution is -0.138. The van der Waals surface area contributed by atoms with E-state index in [0.29, 0.717) is 52.4 Å². The van der Waals surface area contributed by atoms with Crippen LogP contribution in [0.15, 0.2) is 0 Å². The Morgan fingerprint density at radius 2 is 1.40 bits per heavy atom. The average Bonchev–Trinajstić information content (AvgIpc) is 2.43. The molecule has 1 saturated heterocycles. The lowest BCUT2D eigenvalue weighted by Crippen LogP contribution is -2.40. The zero-order valence-corrected chi connectivity index (χ0v) is 12.0. The van der Waals surface area contributed by atoms with E-state index in [-0.39, 0.29) is 12.3 Å². The van der Waals surface area contributed by atoms with Crippen LogP contribution < -0.4 is 0 Å². The second-order valence-corrected chi connectivity index (χ2v) is 5.12. The van der Waals surface area contributed by atoms with Crippen LogP contribution in [-0.4, -0.2) is 96.7 Å². The summed E-state index contributed by atoms with van der Waals surface area (Å²) in [5.74, 6) is -0.764. The Kier molecular flexibility index (Phi) is 7.35. The van der Waals surface area contributed by atoms with Gasteiger partial charge in [-0.3, -0.25) is 24.3 Å². The molecule has 0 bridgehead atoms. The summed E-state index contributed by atoms with van der Waals surface area (Å²) < 4.78 is 0. The molecule has 1 rings (SSSR count). The Morgan fingerprint density at radius 1 is 0.950 bits per heavy atom. The van der Waals surface area contributed by atoms with Gasteiger partial charge in [0.05, 0.1) is 19.6 Å². The van der Waals surface area contributed by atoms with Gasteiger partial charge in [0.1, 0.15) is 12.1 Å². The third kappa shape index (κ3) is 6.74. The smallest absolute Gasteiger partial charge is 0.317 e. The Morgan fingerprint density at radius 3 is 1.80 bits per heavy atom. The highest BCUT2D eigenvalue weighted by Gasteiger charge is 2.18. The van der Waals surface area contributed by atoms with Gasteiger partial charge < -0.3 is 9.90 Å². The van der Waals surface area contributed by atoms with Crippen LogP contribution in [0, 0.1) is 0 Å². The molecule has 0 unspecified atom stereocenters. The van der Waals surface area contributed by atoms with Gasteiger partial charge >= 0.3 is 5.97 Å². The van der Waals surface area contributed by atoms with Gasteiger partial charge in [-0.05, 0) is 6.92 Å². The molecule has 1 fully saturated rings. The first-order valence-electron chi connectivity index (χ1n) is 6.83. The van der Waals surface area contributed by atoms with Crippen molar-refractivity contribution in [1.82, 2.24) is 14.7 Å². The fourth-order valence-electron chi connectivity index (χ4n) is 2.29. The molecule has 7 heteroatoms. The molecule has 7 nitrogen and oxygen atoms in total. The molecule has 20 heavy (non-hydrogen) atoms. The van der Waals surface area contributed by atoms with Crippen LogP contribution in [0.2, 0.25) is 0 Å². The molecule has 1 N–H and O–H groups in total. The van der Waals surface area contributed by atoms with Gasteiger partial charge in [-0.15, -0.1) is 0 Å². The number of hydrogen-bond donors (Lipinski definition) is 1. The van der Waals surface area contributed by atoms with Crippen molar-refractivity contribution in [3.63, 3.8) is 0 Å². The summed E-state index contributed by atoms with van der Waals surface area (Å²) in [6, 6.07) is 0. The van der Waals surface area contributed by atoms with Gasteiger partial charge in [0.15, 0.2) is 0 Å². The van der Waals surface area contributed by atoms with E-state index in [2.05, 4.69) is 0 Å². The van der Waals surface area contributed by atoms with Gasteiger partial charge in [-0.25, -0.2) is 0 Å². The third-order valence-corrected chi connectivity index (χ3v) is 3.34. The topological polar surface area (TPSA) is 81.2 Å². The summed E-state index contributed by atoms with van der Waals surface area (Å²) in [4.78, 5) is 38.6. The highest BCUT2D eigenvalue weighted by Crippen LogP contribution is 2.00. The number of ketones is 1. The molecule has 0 aromatic rings. The fraction of sp³-hybridized carbons (Fsp3) is 0.769. The lowest BCUT2D eigenvalue weighted by atomic mass is 10.3. The van der Waals surface area contributed by atoms with Crippen molar-refractivity contribution in [2.45, 2.75) is 6.92 Å². The SMILES string of the molecule is CC(=O)CN1CCN(CC=O)CCN(CC(=O)O)CC1. The Balaban J connectivity index is 2.64. The molecule has 0 aromatic carbocycles. The molecule has 0 atom stereocenters. The van der Waals surface area contributed by atoms with Crippen molar-refractivity contribution in [3.8, 4) is 0 Å². The predicted molar refractivity (Wildman–Crippen MR) is 73.7 cm³/mol.